The number of amides is 3. The molecule has 4 rings (SSSR count). The zero-order valence-electron chi connectivity index (χ0n) is 18.7. The zero-order chi connectivity index (χ0) is 23.5. The lowest BCUT2D eigenvalue weighted by atomic mass is 9.98. The van der Waals surface area contributed by atoms with Crippen LogP contribution in [0.2, 0.25) is 0 Å². The minimum Gasteiger partial charge on any atom is -0.490 e. The minimum atomic E-state index is -3.33. The monoisotopic (exact) mass is 478 g/mol. The summed E-state index contributed by atoms with van der Waals surface area (Å²) in [5.74, 6) is -0.0210. The summed E-state index contributed by atoms with van der Waals surface area (Å²) in [6, 6.07) is 4.32. The van der Waals surface area contributed by atoms with Crippen molar-refractivity contribution in [3.8, 4) is 5.75 Å². The van der Waals surface area contributed by atoms with Crippen LogP contribution in [0.4, 0.5) is 9.18 Å². The second-order valence-electron chi connectivity index (χ2n) is 9.47. The number of imide groups is 1. The van der Waals surface area contributed by atoms with Crippen molar-refractivity contribution in [3.63, 3.8) is 0 Å². The Kier molecular flexibility index (Phi) is 7.07. The van der Waals surface area contributed by atoms with Gasteiger partial charge in [0.1, 0.15) is 6.54 Å². The Balaban J connectivity index is 1.30. The van der Waals surface area contributed by atoms with E-state index in [9.17, 15) is 22.4 Å². The Hall–Kier alpha value is -2.42. The van der Waals surface area contributed by atoms with Crippen molar-refractivity contribution < 1.29 is 27.1 Å². The molecule has 1 aromatic carbocycles. The van der Waals surface area contributed by atoms with E-state index >= 15 is 0 Å². The number of hydrogen-bond acceptors (Lipinski definition) is 5. The Morgan fingerprint density at radius 3 is 2.61 bits per heavy atom. The standard InChI is InChI=1S/C24H31FN2O5S/c25-20-9-8-19(14-21(20)32-16-18-6-2-3-7-18)24(10-11-24)17-33(30,31)13-5-1-4-12-27-15-22(28)26-23(27)29/h1,4,8-9,14,18H,2-3,5-7,10-13,15-17H2,(H,26,28,29)/b4-1+. The van der Waals surface area contributed by atoms with Crippen molar-refractivity contribution in [2.75, 3.05) is 31.2 Å². The molecular formula is C24H31FN2O5S. The highest BCUT2D eigenvalue weighted by molar-refractivity contribution is 7.91. The quantitative estimate of drug-likeness (QED) is 0.389. The molecule has 3 fully saturated rings. The Morgan fingerprint density at radius 2 is 1.94 bits per heavy atom. The number of allylic oxidation sites excluding steroid dienone is 1. The maximum atomic E-state index is 14.3. The van der Waals surface area contributed by atoms with Crippen LogP contribution in [-0.2, 0) is 20.0 Å². The van der Waals surface area contributed by atoms with E-state index in [1.165, 1.54) is 23.8 Å². The molecule has 2 saturated carbocycles. The molecule has 0 radical (unpaired) electrons. The zero-order valence-corrected chi connectivity index (χ0v) is 19.5. The molecule has 7 nitrogen and oxygen atoms in total. The fourth-order valence-corrected chi connectivity index (χ4v) is 6.62. The van der Waals surface area contributed by atoms with Gasteiger partial charge < -0.3 is 9.64 Å². The van der Waals surface area contributed by atoms with Gasteiger partial charge in [0.2, 0.25) is 5.91 Å². The Morgan fingerprint density at radius 1 is 1.18 bits per heavy atom. The van der Waals surface area contributed by atoms with Crippen LogP contribution in [-0.4, -0.2) is 56.5 Å². The Bertz CT molecular complexity index is 1030. The summed E-state index contributed by atoms with van der Waals surface area (Å²) in [7, 11) is -3.33. The van der Waals surface area contributed by atoms with Crippen molar-refractivity contribution in [1.82, 2.24) is 10.2 Å². The van der Waals surface area contributed by atoms with Crippen molar-refractivity contribution in [2.24, 2.45) is 5.92 Å². The van der Waals surface area contributed by atoms with Gasteiger partial charge in [-0.2, -0.15) is 0 Å². The summed E-state index contributed by atoms with van der Waals surface area (Å²) >= 11 is 0. The summed E-state index contributed by atoms with van der Waals surface area (Å²) in [5.41, 5.74) is 0.365. The number of sulfone groups is 1. The lowest BCUT2D eigenvalue weighted by molar-refractivity contribution is -0.118. The molecule has 2 aliphatic carbocycles. The predicted octanol–water partition coefficient (Wildman–Crippen LogP) is 3.34. The average molecular weight is 479 g/mol. The van der Waals surface area contributed by atoms with Gasteiger partial charge in [-0.25, -0.2) is 17.6 Å². The second kappa shape index (κ2) is 9.83. The summed E-state index contributed by atoms with van der Waals surface area (Å²) in [5, 5.41) is 2.20. The molecule has 0 unspecified atom stereocenters. The molecule has 0 atom stereocenters. The SMILES string of the molecule is O=C1CN(C/C=C/CCS(=O)(=O)CC2(c3ccc(F)c(OCC4CCCC4)c3)CC2)C(=O)N1. The van der Waals surface area contributed by atoms with Crippen LogP contribution in [0.25, 0.3) is 0 Å². The Labute approximate surface area is 194 Å². The van der Waals surface area contributed by atoms with E-state index in [0.29, 0.717) is 18.9 Å². The van der Waals surface area contributed by atoms with Gasteiger partial charge in [0.25, 0.3) is 0 Å². The first-order valence-corrected chi connectivity index (χ1v) is 13.5. The molecule has 3 aliphatic rings. The molecule has 180 valence electrons. The number of hydrogen-bond donors (Lipinski definition) is 1. The van der Waals surface area contributed by atoms with Crippen LogP contribution < -0.4 is 10.1 Å². The van der Waals surface area contributed by atoms with Gasteiger partial charge in [0.05, 0.1) is 18.1 Å². The van der Waals surface area contributed by atoms with Crippen LogP contribution >= 0.6 is 0 Å². The van der Waals surface area contributed by atoms with E-state index in [-0.39, 0.29) is 36.3 Å². The van der Waals surface area contributed by atoms with Crippen molar-refractivity contribution in [3.05, 3.63) is 41.7 Å². The topological polar surface area (TPSA) is 92.8 Å². The average Bonchev–Trinajstić information content (AvgIpc) is 3.18. The fraction of sp³-hybridized carbons (Fsp3) is 0.583. The van der Waals surface area contributed by atoms with Gasteiger partial charge >= 0.3 is 6.03 Å². The normalized spacial score (nSPS) is 20.6. The van der Waals surface area contributed by atoms with Crippen LogP contribution in [0.3, 0.4) is 0 Å². The number of rotatable bonds is 11. The molecule has 1 saturated heterocycles. The summed E-state index contributed by atoms with van der Waals surface area (Å²) in [6.07, 6.45) is 9.89. The van der Waals surface area contributed by atoms with Gasteiger partial charge in [0.15, 0.2) is 21.4 Å². The van der Waals surface area contributed by atoms with Gasteiger partial charge in [-0.05, 0) is 55.7 Å². The lowest BCUT2D eigenvalue weighted by Crippen LogP contribution is -2.28. The number of nitrogens with one attached hydrogen (secondary N) is 1. The van der Waals surface area contributed by atoms with Crippen molar-refractivity contribution in [1.29, 1.82) is 0 Å². The molecule has 1 aliphatic heterocycles. The van der Waals surface area contributed by atoms with Crippen LogP contribution in [0.15, 0.2) is 30.4 Å². The van der Waals surface area contributed by atoms with E-state index in [2.05, 4.69) is 5.32 Å². The minimum absolute atomic E-state index is 0.00259. The largest absolute Gasteiger partial charge is 0.490 e. The highest BCUT2D eigenvalue weighted by Crippen LogP contribution is 2.50. The van der Waals surface area contributed by atoms with Crippen molar-refractivity contribution >= 4 is 21.8 Å². The number of benzene rings is 1. The number of nitrogens with zero attached hydrogens (tertiary/aromatic N) is 1. The van der Waals surface area contributed by atoms with E-state index in [4.69, 9.17) is 4.74 Å². The van der Waals surface area contributed by atoms with E-state index in [1.54, 1.807) is 24.3 Å². The molecule has 33 heavy (non-hydrogen) atoms. The van der Waals surface area contributed by atoms with E-state index in [0.717, 1.165) is 31.2 Å². The summed E-state index contributed by atoms with van der Waals surface area (Å²) in [4.78, 5) is 24.0. The highest BCUT2D eigenvalue weighted by Gasteiger charge is 2.47. The molecule has 0 aromatic heterocycles. The number of halogens is 1. The van der Waals surface area contributed by atoms with Crippen molar-refractivity contribution in [2.45, 2.75) is 50.4 Å². The second-order valence-corrected chi connectivity index (χ2v) is 11.7. The molecule has 3 amide bonds. The van der Waals surface area contributed by atoms with Crippen LogP contribution in [0, 0.1) is 11.7 Å². The maximum absolute atomic E-state index is 14.3. The van der Waals surface area contributed by atoms with Gasteiger partial charge in [-0.15, -0.1) is 0 Å². The van der Waals surface area contributed by atoms with Crippen LogP contribution in [0.1, 0.15) is 50.5 Å². The molecule has 0 bridgehead atoms. The fourth-order valence-electron chi connectivity index (χ4n) is 4.69. The van der Waals surface area contributed by atoms with Crippen LogP contribution in [0.5, 0.6) is 5.75 Å². The first-order chi connectivity index (χ1) is 15.8. The third-order valence-electron chi connectivity index (χ3n) is 6.80. The molecule has 1 N–H and O–H groups in total. The summed E-state index contributed by atoms with van der Waals surface area (Å²) < 4.78 is 45.6. The molecule has 1 heterocycles. The van der Waals surface area contributed by atoms with E-state index in [1.807, 2.05) is 0 Å². The number of ether oxygens (including phenoxy) is 1. The van der Waals surface area contributed by atoms with Gasteiger partial charge in [-0.3, -0.25) is 10.1 Å². The predicted molar refractivity (Wildman–Crippen MR) is 122 cm³/mol. The third kappa shape index (κ3) is 6.13. The first kappa shape index (κ1) is 23.7. The lowest BCUT2D eigenvalue weighted by Gasteiger charge is -2.18. The highest BCUT2D eigenvalue weighted by atomic mass is 32.2. The molecule has 0 spiro atoms. The smallest absolute Gasteiger partial charge is 0.324 e. The number of urea groups is 1. The molecule has 9 heteroatoms. The number of carbonyl (C=O) groups is 2. The number of carbonyl (C=O) groups excluding carboxylic acids is 2. The third-order valence-corrected chi connectivity index (χ3v) is 8.65. The maximum Gasteiger partial charge on any atom is 0.324 e. The van der Waals surface area contributed by atoms with E-state index < -0.39 is 27.1 Å². The molecule has 1 aromatic rings. The summed E-state index contributed by atoms with van der Waals surface area (Å²) in [6.45, 7) is 0.792. The molecular weight excluding hydrogens is 447 g/mol. The first-order valence-electron chi connectivity index (χ1n) is 11.6. The van der Waals surface area contributed by atoms with Gasteiger partial charge in [0, 0.05) is 12.0 Å². The van der Waals surface area contributed by atoms with Gasteiger partial charge in [-0.1, -0.05) is 31.1 Å².